The Hall–Kier alpha value is -2.50. The topological polar surface area (TPSA) is 77.8 Å². The lowest BCUT2D eigenvalue weighted by atomic mass is 9.99. The summed E-state index contributed by atoms with van der Waals surface area (Å²) in [7, 11) is 0. The van der Waals surface area contributed by atoms with Crippen LogP contribution >= 0.6 is 0 Å². The highest BCUT2D eigenvalue weighted by atomic mass is 16.5. The summed E-state index contributed by atoms with van der Waals surface area (Å²) in [5.74, 6) is 2.19. The Morgan fingerprint density at radius 3 is 1.86 bits per heavy atom. The lowest BCUT2D eigenvalue weighted by molar-refractivity contribution is 0.313. The van der Waals surface area contributed by atoms with Gasteiger partial charge in [0, 0.05) is 12.8 Å². The molecule has 114 valence electrons. The van der Waals surface area contributed by atoms with E-state index in [9.17, 15) is 0 Å². The van der Waals surface area contributed by atoms with E-state index in [0.29, 0.717) is 29.9 Å². The summed E-state index contributed by atoms with van der Waals surface area (Å²) in [4.78, 5) is 8.86. The van der Waals surface area contributed by atoms with Crippen molar-refractivity contribution < 1.29 is 9.05 Å². The standard InChI is InChI=1S/C16H18N4O2/c1-3-13-17-15(21-19-13)12(10-11-8-6-5-7-9-11)16-18-14(4-2)20-22-16/h5-9,12H,3-4,10H2,1-2H3. The van der Waals surface area contributed by atoms with Crippen LogP contribution in [0.5, 0.6) is 0 Å². The van der Waals surface area contributed by atoms with Crippen molar-refractivity contribution in [3.05, 3.63) is 59.3 Å². The molecule has 0 bridgehead atoms. The molecule has 22 heavy (non-hydrogen) atoms. The molecule has 0 amide bonds. The lowest BCUT2D eigenvalue weighted by Crippen LogP contribution is -2.06. The molecular weight excluding hydrogens is 280 g/mol. The summed E-state index contributed by atoms with van der Waals surface area (Å²) in [6.45, 7) is 3.98. The lowest BCUT2D eigenvalue weighted by Gasteiger charge is -2.08. The van der Waals surface area contributed by atoms with E-state index >= 15 is 0 Å². The molecule has 0 aliphatic carbocycles. The van der Waals surface area contributed by atoms with E-state index < -0.39 is 0 Å². The molecular formula is C16H18N4O2. The zero-order valence-corrected chi connectivity index (χ0v) is 12.7. The maximum absolute atomic E-state index is 5.40. The highest BCUT2D eigenvalue weighted by Crippen LogP contribution is 2.26. The van der Waals surface area contributed by atoms with Crippen LogP contribution in [-0.4, -0.2) is 20.3 Å². The van der Waals surface area contributed by atoms with E-state index in [1.807, 2.05) is 32.0 Å². The van der Waals surface area contributed by atoms with Crippen molar-refractivity contribution in [2.24, 2.45) is 0 Å². The first-order chi connectivity index (χ1) is 10.8. The largest absolute Gasteiger partial charge is 0.338 e. The maximum atomic E-state index is 5.40. The monoisotopic (exact) mass is 298 g/mol. The van der Waals surface area contributed by atoms with Crippen LogP contribution in [-0.2, 0) is 19.3 Å². The molecule has 2 aromatic heterocycles. The average molecular weight is 298 g/mol. The second-order valence-electron chi connectivity index (χ2n) is 5.05. The maximum Gasteiger partial charge on any atom is 0.239 e. The Kier molecular flexibility index (Phi) is 4.27. The van der Waals surface area contributed by atoms with E-state index in [0.717, 1.165) is 18.4 Å². The molecule has 0 aliphatic rings. The van der Waals surface area contributed by atoms with Gasteiger partial charge in [0.1, 0.15) is 5.92 Å². The average Bonchev–Trinajstić information content (AvgIpc) is 3.23. The predicted octanol–water partition coefficient (Wildman–Crippen LogP) is 2.95. The van der Waals surface area contributed by atoms with Crippen LogP contribution in [0.3, 0.4) is 0 Å². The Bertz CT molecular complexity index is 678. The second-order valence-corrected chi connectivity index (χ2v) is 5.05. The fourth-order valence-corrected chi connectivity index (χ4v) is 2.24. The molecule has 0 fully saturated rings. The molecule has 0 unspecified atom stereocenters. The van der Waals surface area contributed by atoms with E-state index in [4.69, 9.17) is 9.05 Å². The van der Waals surface area contributed by atoms with E-state index in [-0.39, 0.29) is 5.92 Å². The van der Waals surface area contributed by atoms with Gasteiger partial charge in [-0.3, -0.25) is 0 Å². The van der Waals surface area contributed by atoms with Crippen LogP contribution in [0.15, 0.2) is 39.4 Å². The van der Waals surface area contributed by atoms with Crippen molar-refractivity contribution >= 4 is 0 Å². The quantitative estimate of drug-likeness (QED) is 0.696. The molecule has 1 aromatic carbocycles. The molecule has 0 spiro atoms. The van der Waals surface area contributed by atoms with Gasteiger partial charge in [-0.1, -0.05) is 54.5 Å². The second kappa shape index (κ2) is 6.51. The smallest absolute Gasteiger partial charge is 0.239 e. The van der Waals surface area contributed by atoms with Gasteiger partial charge in [0.05, 0.1) is 0 Å². The molecule has 0 N–H and O–H groups in total. The predicted molar refractivity (Wildman–Crippen MR) is 79.3 cm³/mol. The van der Waals surface area contributed by atoms with E-state index in [2.05, 4.69) is 32.4 Å². The Morgan fingerprint density at radius 1 is 0.864 bits per heavy atom. The van der Waals surface area contributed by atoms with Gasteiger partial charge in [0.15, 0.2) is 11.6 Å². The van der Waals surface area contributed by atoms with Crippen molar-refractivity contribution in [1.29, 1.82) is 0 Å². The molecule has 6 heteroatoms. The molecule has 0 aliphatic heterocycles. The van der Waals surface area contributed by atoms with Gasteiger partial charge in [0.25, 0.3) is 0 Å². The van der Waals surface area contributed by atoms with Crippen molar-refractivity contribution in [2.75, 3.05) is 0 Å². The number of rotatable bonds is 6. The zero-order chi connectivity index (χ0) is 15.4. The third-order valence-electron chi connectivity index (χ3n) is 3.48. The van der Waals surface area contributed by atoms with Crippen LogP contribution in [0.1, 0.15) is 48.8 Å². The first-order valence-corrected chi connectivity index (χ1v) is 7.49. The van der Waals surface area contributed by atoms with Gasteiger partial charge in [-0.25, -0.2) is 0 Å². The van der Waals surface area contributed by atoms with Gasteiger partial charge >= 0.3 is 0 Å². The fraction of sp³-hybridized carbons (Fsp3) is 0.375. The minimum Gasteiger partial charge on any atom is -0.338 e. The van der Waals surface area contributed by atoms with Crippen LogP contribution in [0.25, 0.3) is 0 Å². The minimum absolute atomic E-state index is 0.219. The Morgan fingerprint density at radius 2 is 1.41 bits per heavy atom. The number of nitrogens with zero attached hydrogens (tertiary/aromatic N) is 4. The zero-order valence-electron chi connectivity index (χ0n) is 12.7. The summed E-state index contributed by atoms with van der Waals surface area (Å²) in [6, 6.07) is 10.1. The van der Waals surface area contributed by atoms with Crippen LogP contribution in [0.4, 0.5) is 0 Å². The molecule has 3 aromatic rings. The summed E-state index contributed by atoms with van der Waals surface area (Å²) in [5, 5.41) is 7.95. The highest BCUT2D eigenvalue weighted by Gasteiger charge is 2.27. The first kappa shape index (κ1) is 14.4. The molecule has 6 nitrogen and oxygen atoms in total. The van der Waals surface area contributed by atoms with Crippen molar-refractivity contribution in [1.82, 2.24) is 20.3 Å². The van der Waals surface area contributed by atoms with Gasteiger partial charge in [-0.2, -0.15) is 9.97 Å². The van der Waals surface area contributed by atoms with Crippen molar-refractivity contribution in [2.45, 2.75) is 39.0 Å². The number of aryl methyl sites for hydroxylation is 2. The molecule has 0 atom stereocenters. The number of hydrogen-bond donors (Lipinski definition) is 0. The molecule has 3 rings (SSSR count). The number of aromatic nitrogens is 4. The van der Waals surface area contributed by atoms with Crippen molar-refractivity contribution in [3.8, 4) is 0 Å². The third-order valence-corrected chi connectivity index (χ3v) is 3.48. The van der Waals surface area contributed by atoms with Crippen LogP contribution in [0.2, 0.25) is 0 Å². The summed E-state index contributed by atoms with van der Waals surface area (Å²) in [5.41, 5.74) is 1.15. The summed E-state index contributed by atoms with van der Waals surface area (Å²) >= 11 is 0. The molecule has 0 saturated carbocycles. The number of hydrogen-bond acceptors (Lipinski definition) is 6. The van der Waals surface area contributed by atoms with Crippen LogP contribution < -0.4 is 0 Å². The van der Waals surface area contributed by atoms with Gasteiger partial charge in [-0.05, 0) is 12.0 Å². The van der Waals surface area contributed by atoms with Gasteiger partial charge in [0.2, 0.25) is 11.8 Å². The van der Waals surface area contributed by atoms with Crippen molar-refractivity contribution in [3.63, 3.8) is 0 Å². The Balaban J connectivity index is 1.94. The van der Waals surface area contributed by atoms with Gasteiger partial charge < -0.3 is 9.05 Å². The minimum atomic E-state index is -0.219. The molecule has 0 radical (unpaired) electrons. The van der Waals surface area contributed by atoms with Crippen LogP contribution in [0, 0.1) is 0 Å². The van der Waals surface area contributed by atoms with Gasteiger partial charge in [-0.15, -0.1) is 0 Å². The number of benzene rings is 1. The van der Waals surface area contributed by atoms with E-state index in [1.165, 1.54) is 0 Å². The molecule has 0 saturated heterocycles. The molecule has 2 heterocycles. The third kappa shape index (κ3) is 3.05. The first-order valence-electron chi connectivity index (χ1n) is 7.49. The summed E-state index contributed by atoms with van der Waals surface area (Å²) < 4.78 is 10.8. The summed E-state index contributed by atoms with van der Waals surface area (Å²) in [6.07, 6.45) is 2.13. The normalized spacial score (nSPS) is 11.2. The highest BCUT2D eigenvalue weighted by molar-refractivity contribution is 5.20. The fourth-order valence-electron chi connectivity index (χ4n) is 2.24. The van der Waals surface area contributed by atoms with E-state index in [1.54, 1.807) is 0 Å². The Labute approximate surface area is 128 Å². The SMILES string of the molecule is CCc1noc(C(Cc2ccccc2)c2nc(CC)no2)n1.